The Balaban J connectivity index is 1.48. The number of ether oxygens (including phenoxy) is 1. The molecule has 8 nitrogen and oxygen atoms in total. The summed E-state index contributed by atoms with van der Waals surface area (Å²) in [6, 6.07) is 10.0. The molecule has 0 bridgehead atoms. The first-order valence-electron chi connectivity index (χ1n) is 9.48. The molecule has 0 spiro atoms. The summed E-state index contributed by atoms with van der Waals surface area (Å²) >= 11 is 0. The lowest BCUT2D eigenvalue weighted by Crippen LogP contribution is -2.36. The number of sulfonamides is 1. The first-order chi connectivity index (χ1) is 14.3. The van der Waals surface area contributed by atoms with Gasteiger partial charge in [-0.3, -0.25) is 14.5 Å². The first-order valence-corrected chi connectivity index (χ1v) is 11.0. The van der Waals surface area contributed by atoms with Gasteiger partial charge in [-0.2, -0.15) is 0 Å². The van der Waals surface area contributed by atoms with Crippen LogP contribution >= 0.6 is 0 Å². The van der Waals surface area contributed by atoms with E-state index in [0.717, 1.165) is 0 Å². The minimum atomic E-state index is -3.68. The standard InChI is InChI=1S/C20H21FN4O4S/c1-13(22-19-15-4-2-3-5-18(15)30(27,28)24-19)20(26)23-14-6-7-17(16(21)12-14)25-8-10-29-11-9-25/h2-7,12-13H,8-11H2,1H3,(H,22,24)(H,23,26)/t13-/m0/s1. The number of fused-ring (bicyclic) bond motifs is 1. The molecule has 2 heterocycles. The Labute approximate surface area is 173 Å². The molecular weight excluding hydrogens is 411 g/mol. The predicted molar refractivity (Wildman–Crippen MR) is 111 cm³/mol. The second-order valence-electron chi connectivity index (χ2n) is 7.01. The average Bonchev–Trinajstić information content (AvgIpc) is 2.99. The van der Waals surface area contributed by atoms with Gasteiger partial charge in [0.25, 0.3) is 10.0 Å². The Morgan fingerprint density at radius 2 is 1.97 bits per heavy atom. The summed E-state index contributed by atoms with van der Waals surface area (Å²) in [5.41, 5.74) is 1.17. The average molecular weight is 432 g/mol. The van der Waals surface area contributed by atoms with Gasteiger partial charge in [0, 0.05) is 24.3 Å². The number of rotatable bonds is 4. The van der Waals surface area contributed by atoms with Gasteiger partial charge in [-0.25, -0.2) is 12.8 Å². The third kappa shape index (κ3) is 4.01. The molecule has 1 atom stereocenters. The number of morpholine rings is 1. The number of carbonyl (C=O) groups is 1. The summed E-state index contributed by atoms with van der Waals surface area (Å²) in [6.45, 7) is 3.84. The third-order valence-electron chi connectivity index (χ3n) is 4.93. The van der Waals surface area contributed by atoms with Gasteiger partial charge in [-0.15, -0.1) is 0 Å². The van der Waals surface area contributed by atoms with Crippen LogP contribution in [0.3, 0.4) is 0 Å². The fourth-order valence-electron chi connectivity index (χ4n) is 3.37. The van der Waals surface area contributed by atoms with Crippen LogP contribution < -0.4 is 14.9 Å². The summed E-state index contributed by atoms with van der Waals surface area (Å²) in [4.78, 5) is 18.8. The van der Waals surface area contributed by atoms with Crippen LogP contribution in [-0.4, -0.2) is 52.5 Å². The van der Waals surface area contributed by atoms with E-state index in [2.05, 4.69) is 15.0 Å². The fourth-order valence-corrected chi connectivity index (χ4v) is 4.61. The SMILES string of the molecule is C[C@H](N=C1NS(=O)(=O)c2ccccc21)C(=O)Nc1ccc(N2CCOCC2)c(F)c1. The smallest absolute Gasteiger partial charge is 0.263 e. The predicted octanol–water partition coefficient (Wildman–Crippen LogP) is 1.73. The highest BCUT2D eigenvalue weighted by Crippen LogP contribution is 2.25. The number of nitrogens with one attached hydrogen (secondary N) is 2. The van der Waals surface area contributed by atoms with E-state index in [1.807, 2.05) is 4.90 Å². The number of hydrogen-bond acceptors (Lipinski definition) is 6. The zero-order valence-corrected chi connectivity index (χ0v) is 17.1. The maximum atomic E-state index is 14.5. The Bertz CT molecular complexity index is 1110. The number of hydrogen-bond donors (Lipinski definition) is 2. The molecule has 2 aromatic rings. The molecule has 10 heteroatoms. The van der Waals surface area contributed by atoms with Gasteiger partial charge in [0.1, 0.15) is 17.7 Å². The Hall–Kier alpha value is -2.98. The Morgan fingerprint density at radius 1 is 1.23 bits per heavy atom. The minimum absolute atomic E-state index is 0.113. The van der Waals surface area contributed by atoms with Crippen molar-refractivity contribution in [2.45, 2.75) is 17.9 Å². The van der Waals surface area contributed by atoms with E-state index >= 15 is 0 Å². The van der Waals surface area contributed by atoms with Crippen molar-refractivity contribution in [1.29, 1.82) is 0 Å². The van der Waals surface area contributed by atoms with E-state index in [-0.39, 0.29) is 10.7 Å². The van der Waals surface area contributed by atoms with Gasteiger partial charge in [0.15, 0.2) is 0 Å². The molecule has 1 fully saturated rings. The zero-order chi connectivity index (χ0) is 21.3. The minimum Gasteiger partial charge on any atom is -0.378 e. The van der Waals surface area contributed by atoms with Crippen LogP contribution in [0.5, 0.6) is 0 Å². The van der Waals surface area contributed by atoms with E-state index in [0.29, 0.717) is 43.2 Å². The van der Waals surface area contributed by atoms with E-state index in [1.54, 1.807) is 30.3 Å². The Morgan fingerprint density at radius 3 is 2.70 bits per heavy atom. The highest BCUT2D eigenvalue weighted by atomic mass is 32.2. The summed E-state index contributed by atoms with van der Waals surface area (Å²) in [5.74, 6) is -0.808. The van der Waals surface area contributed by atoms with Gasteiger partial charge in [-0.1, -0.05) is 12.1 Å². The van der Waals surface area contributed by atoms with Gasteiger partial charge in [0.05, 0.1) is 23.8 Å². The van der Waals surface area contributed by atoms with Crippen molar-refractivity contribution in [3.8, 4) is 0 Å². The van der Waals surface area contributed by atoms with Crippen molar-refractivity contribution in [2.75, 3.05) is 36.5 Å². The lowest BCUT2D eigenvalue weighted by molar-refractivity contribution is -0.117. The van der Waals surface area contributed by atoms with Gasteiger partial charge < -0.3 is 15.0 Å². The number of anilines is 2. The van der Waals surface area contributed by atoms with E-state index in [9.17, 15) is 17.6 Å². The quantitative estimate of drug-likeness (QED) is 0.767. The van der Waals surface area contributed by atoms with E-state index in [4.69, 9.17) is 4.74 Å². The van der Waals surface area contributed by atoms with Gasteiger partial charge >= 0.3 is 0 Å². The van der Waals surface area contributed by atoms with Crippen molar-refractivity contribution in [2.24, 2.45) is 4.99 Å². The number of halogens is 1. The molecule has 0 saturated carbocycles. The van der Waals surface area contributed by atoms with Crippen LogP contribution in [0.1, 0.15) is 12.5 Å². The van der Waals surface area contributed by atoms with Crippen molar-refractivity contribution in [3.63, 3.8) is 0 Å². The molecule has 2 N–H and O–H groups in total. The highest BCUT2D eigenvalue weighted by Gasteiger charge is 2.31. The maximum absolute atomic E-state index is 14.5. The molecule has 158 valence electrons. The summed E-state index contributed by atoms with van der Waals surface area (Å²) in [6.07, 6.45) is 0. The lowest BCUT2D eigenvalue weighted by atomic mass is 10.2. The summed E-state index contributed by atoms with van der Waals surface area (Å²) in [7, 11) is -3.68. The molecule has 1 saturated heterocycles. The first kappa shape index (κ1) is 20.3. The summed E-state index contributed by atoms with van der Waals surface area (Å²) in [5, 5.41) is 2.62. The van der Waals surface area contributed by atoms with Crippen LogP contribution in [0.4, 0.5) is 15.8 Å². The second-order valence-corrected chi connectivity index (χ2v) is 8.66. The maximum Gasteiger partial charge on any atom is 0.263 e. The van der Waals surface area contributed by atoms with Gasteiger partial charge in [0.2, 0.25) is 5.91 Å². The monoisotopic (exact) mass is 432 g/mol. The van der Waals surface area contributed by atoms with Crippen LogP contribution in [0.2, 0.25) is 0 Å². The van der Waals surface area contributed by atoms with Crippen molar-refractivity contribution >= 4 is 33.1 Å². The lowest BCUT2D eigenvalue weighted by Gasteiger charge is -2.29. The normalized spacial score (nSPS) is 19.8. The number of benzene rings is 2. The Kier molecular flexibility index (Phi) is 5.44. The van der Waals surface area contributed by atoms with Crippen LogP contribution in [0.25, 0.3) is 0 Å². The molecule has 2 aromatic carbocycles. The van der Waals surface area contributed by atoms with Crippen LogP contribution in [-0.2, 0) is 19.6 Å². The molecule has 2 aliphatic heterocycles. The van der Waals surface area contributed by atoms with Crippen LogP contribution in [0, 0.1) is 5.82 Å². The topological polar surface area (TPSA) is 100 Å². The van der Waals surface area contributed by atoms with Crippen molar-refractivity contribution in [1.82, 2.24) is 4.72 Å². The molecular formula is C20H21FN4O4S. The third-order valence-corrected chi connectivity index (χ3v) is 6.33. The molecule has 0 aromatic heterocycles. The number of amidine groups is 1. The number of aliphatic imine (C=N–C) groups is 1. The second kappa shape index (κ2) is 8.04. The molecule has 0 unspecified atom stereocenters. The number of amides is 1. The molecule has 2 aliphatic rings. The zero-order valence-electron chi connectivity index (χ0n) is 16.3. The van der Waals surface area contributed by atoms with Crippen LogP contribution in [0.15, 0.2) is 52.4 Å². The molecule has 1 amide bonds. The number of carbonyl (C=O) groups excluding carboxylic acids is 1. The van der Waals surface area contributed by atoms with E-state index < -0.39 is 27.8 Å². The number of nitrogens with zero attached hydrogens (tertiary/aromatic N) is 2. The molecule has 4 rings (SSSR count). The molecule has 30 heavy (non-hydrogen) atoms. The van der Waals surface area contributed by atoms with Crippen molar-refractivity contribution in [3.05, 3.63) is 53.8 Å². The molecule has 0 radical (unpaired) electrons. The largest absolute Gasteiger partial charge is 0.378 e. The highest BCUT2D eigenvalue weighted by molar-refractivity contribution is 7.90. The summed E-state index contributed by atoms with van der Waals surface area (Å²) < 4.78 is 46.5. The molecule has 0 aliphatic carbocycles. The van der Waals surface area contributed by atoms with Crippen molar-refractivity contribution < 1.29 is 22.3 Å². The van der Waals surface area contributed by atoms with Gasteiger partial charge in [-0.05, 0) is 37.3 Å². The van der Waals surface area contributed by atoms with E-state index in [1.165, 1.54) is 19.1 Å². The fraction of sp³-hybridized carbons (Fsp3) is 0.300.